The fourth-order valence-electron chi connectivity index (χ4n) is 2.65. The molecule has 6 heteroatoms. The number of nitrogens with zero attached hydrogens (tertiary/aromatic N) is 2. The number of hydrogen-bond acceptors (Lipinski definition) is 3. The summed E-state index contributed by atoms with van der Waals surface area (Å²) < 4.78 is 24.6. The largest absolute Gasteiger partial charge is 0.338 e. The maximum atomic E-state index is 12.7. The second-order valence-electron chi connectivity index (χ2n) is 5.75. The van der Waals surface area contributed by atoms with E-state index in [4.69, 9.17) is 0 Å². The van der Waals surface area contributed by atoms with Gasteiger partial charge in [0, 0.05) is 20.1 Å². The van der Waals surface area contributed by atoms with Gasteiger partial charge in [-0.2, -0.15) is 0 Å². The SMILES string of the molecule is C[C@@H]1CCCN(C(=O)c2ccccc2N(C)S(C)(=O)=O)C1. The van der Waals surface area contributed by atoms with Gasteiger partial charge in [0.05, 0.1) is 17.5 Å². The molecular formula is C15H22N2O3S. The summed E-state index contributed by atoms with van der Waals surface area (Å²) in [6.45, 7) is 3.60. The van der Waals surface area contributed by atoms with Crippen LogP contribution in [0.15, 0.2) is 24.3 Å². The summed E-state index contributed by atoms with van der Waals surface area (Å²) in [6.07, 6.45) is 3.27. The Hall–Kier alpha value is -1.56. The van der Waals surface area contributed by atoms with Gasteiger partial charge in [-0.05, 0) is 30.9 Å². The van der Waals surface area contributed by atoms with Crippen LogP contribution in [0, 0.1) is 5.92 Å². The summed E-state index contributed by atoms with van der Waals surface area (Å²) in [5, 5.41) is 0. The van der Waals surface area contributed by atoms with Gasteiger partial charge in [-0.15, -0.1) is 0 Å². The van der Waals surface area contributed by atoms with Crippen molar-refractivity contribution >= 4 is 21.6 Å². The first-order chi connectivity index (χ1) is 9.80. The van der Waals surface area contributed by atoms with Gasteiger partial charge in [0.15, 0.2) is 0 Å². The van der Waals surface area contributed by atoms with Crippen LogP contribution in [-0.2, 0) is 10.0 Å². The molecule has 0 N–H and O–H groups in total. The average Bonchev–Trinajstić information content (AvgIpc) is 2.44. The van der Waals surface area contributed by atoms with Gasteiger partial charge in [-0.25, -0.2) is 8.42 Å². The first-order valence-corrected chi connectivity index (χ1v) is 8.97. The molecule has 0 spiro atoms. The van der Waals surface area contributed by atoms with E-state index < -0.39 is 10.0 Å². The quantitative estimate of drug-likeness (QED) is 0.857. The first-order valence-electron chi connectivity index (χ1n) is 7.13. The molecule has 2 rings (SSSR count). The van der Waals surface area contributed by atoms with Crippen LogP contribution in [0.3, 0.4) is 0 Å². The third kappa shape index (κ3) is 3.56. The molecule has 0 aliphatic carbocycles. The van der Waals surface area contributed by atoms with Crippen molar-refractivity contribution in [2.24, 2.45) is 5.92 Å². The Labute approximate surface area is 126 Å². The topological polar surface area (TPSA) is 57.7 Å². The summed E-state index contributed by atoms with van der Waals surface area (Å²) in [4.78, 5) is 14.5. The van der Waals surface area contributed by atoms with E-state index >= 15 is 0 Å². The van der Waals surface area contributed by atoms with Crippen LogP contribution < -0.4 is 4.31 Å². The predicted octanol–water partition coefficient (Wildman–Crippen LogP) is 1.95. The summed E-state index contributed by atoms with van der Waals surface area (Å²) >= 11 is 0. The van der Waals surface area contributed by atoms with Crippen molar-refractivity contribution in [2.75, 3.05) is 30.7 Å². The van der Waals surface area contributed by atoms with E-state index in [9.17, 15) is 13.2 Å². The van der Waals surface area contributed by atoms with Crippen LogP contribution in [0.1, 0.15) is 30.1 Å². The lowest BCUT2D eigenvalue weighted by Crippen LogP contribution is -2.40. The number of amides is 1. The van der Waals surface area contributed by atoms with Crippen molar-refractivity contribution in [1.29, 1.82) is 0 Å². The maximum Gasteiger partial charge on any atom is 0.256 e. The molecule has 1 amide bonds. The number of benzene rings is 1. The van der Waals surface area contributed by atoms with Crippen molar-refractivity contribution < 1.29 is 13.2 Å². The van der Waals surface area contributed by atoms with Crippen LogP contribution in [0.25, 0.3) is 0 Å². The predicted molar refractivity (Wildman–Crippen MR) is 84.0 cm³/mol. The maximum absolute atomic E-state index is 12.7. The number of piperidine rings is 1. The Bertz CT molecular complexity index is 628. The van der Waals surface area contributed by atoms with E-state index in [1.165, 1.54) is 7.05 Å². The van der Waals surface area contributed by atoms with Gasteiger partial charge in [-0.1, -0.05) is 19.1 Å². The summed E-state index contributed by atoms with van der Waals surface area (Å²) in [5.74, 6) is 0.398. The van der Waals surface area contributed by atoms with Gasteiger partial charge in [0.2, 0.25) is 10.0 Å². The summed E-state index contributed by atoms with van der Waals surface area (Å²) in [5.41, 5.74) is 0.878. The number of rotatable bonds is 3. The molecule has 1 saturated heterocycles. The molecular weight excluding hydrogens is 288 g/mol. The van der Waals surface area contributed by atoms with Crippen molar-refractivity contribution in [3.63, 3.8) is 0 Å². The van der Waals surface area contributed by atoms with Crippen LogP contribution in [0.5, 0.6) is 0 Å². The molecule has 116 valence electrons. The van der Waals surface area contributed by atoms with Gasteiger partial charge in [-0.3, -0.25) is 9.10 Å². The number of anilines is 1. The first kappa shape index (κ1) is 15.8. The zero-order valence-corrected chi connectivity index (χ0v) is 13.6. The van der Waals surface area contributed by atoms with E-state index in [1.807, 2.05) is 4.90 Å². The smallest absolute Gasteiger partial charge is 0.256 e. The average molecular weight is 310 g/mol. The van der Waals surface area contributed by atoms with Crippen LogP contribution in [0.2, 0.25) is 0 Å². The standard InChI is InChI=1S/C15H22N2O3S/c1-12-7-6-10-17(11-12)15(18)13-8-4-5-9-14(13)16(2)21(3,19)20/h4-5,8-9,12H,6-7,10-11H2,1-3H3/t12-/m1/s1. The van der Waals surface area contributed by atoms with Crippen LogP contribution in [-0.4, -0.2) is 45.6 Å². The molecule has 1 aromatic carbocycles. The Kier molecular flexibility index (Phi) is 4.56. The number of likely N-dealkylation sites (tertiary alicyclic amines) is 1. The molecule has 1 fully saturated rings. The lowest BCUT2D eigenvalue weighted by molar-refractivity contribution is 0.0684. The molecule has 1 heterocycles. The molecule has 21 heavy (non-hydrogen) atoms. The molecule has 1 atom stereocenters. The molecule has 5 nitrogen and oxygen atoms in total. The van der Waals surface area contributed by atoms with Crippen LogP contribution in [0.4, 0.5) is 5.69 Å². The number of para-hydroxylation sites is 1. The summed E-state index contributed by atoms with van der Waals surface area (Å²) in [7, 11) is -1.92. The number of carbonyl (C=O) groups is 1. The Morgan fingerprint density at radius 1 is 1.33 bits per heavy atom. The second-order valence-corrected chi connectivity index (χ2v) is 7.76. The third-order valence-electron chi connectivity index (χ3n) is 3.92. The van der Waals surface area contributed by atoms with Crippen molar-refractivity contribution in [1.82, 2.24) is 4.90 Å². The van der Waals surface area contributed by atoms with Crippen molar-refractivity contribution in [3.8, 4) is 0 Å². The zero-order valence-electron chi connectivity index (χ0n) is 12.7. The molecule has 1 aromatic rings. The van der Waals surface area contributed by atoms with Crippen molar-refractivity contribution in [3.05, 3.63) is 29.8 Å². The molecule has 0 unspecified atom stereocenters. The molecule has 0 bridgehead atoms. The normalized spacial score (nSPS) is 19.4. The number of hydrogen-bond donors (Lipinski definition) is 0. The molecule has 1 aliphatic heterocycles. The minimum absolute atomic E-state index is 0.0901. The zero-order chi connectivity index (χ0) is 15.6. The Balaban J connectivity index is 2.34. The monoisotopic (exact) mass is 310 g/mol. The van der Waals surface area contributed by atoms with E-state index in [1.54, 1.807) is 24.3 Å². The second kappa shape index (κ2) is 6.05. The van der Waals surface area contributed by atoms with Gasteiger partial charge >= 0.3 is 0 Å². The minimum Gasteiger partial charge on any atom is -0.338 e. The van der Waals surface area contributed by atoms with Gasteiger partial charge < -0.3 is 4.90 Å². The van der Waals surface area contributed by atoms with Crippen LogP contribution >= 0.6 is 0 Å². The van der Waals surface area contributed by atoms with Gasteiger partial charge in [0.25, 0.3) is 5.91 Å². The summed E-state index contributed by atoms with van der Waals surface area (Å²) in [6, 6.07) is 6.87. The highest BCUT2D eigenvalue weighted by Gasteiger charge is 2.26. The Morgan fingerprint density at radius 2 is 2.00 bits per heavy atom. The van der Waals surface area contributed by atoms with E-state index in [2.05, 4.69) is 6.92 Å². The lowest BCUT2D eigenvalue weighted by Gasteiger charge is -2.32. The number of carbonyl (C=O) groups excluding carboxylic acids is 1. The molecule has 0 saturated carbocycles. The Morgan fingerprint density at radius 3 is 2.62 bits per heavy atom. The minimum atomic E-state index is -3.39. The molecule has 0 radical (unpaired) electrons. The third-order valence-corrected chi connectivity index (χ3v) is 5.11. The highest BCUT2D eigenvalue weighted by atomic mass is 32.2. The fraction of sp³-hybridized carbons (Fsp3) is 0.533. The highest BCUT2D eigenvalue weighted by molar-refractivity contribution is 7.92. The lowest BCUT2D eigenvalue weighted by atomic mass is 9.99. The van der Waals surface area contributed by atoms with Gasteiger partial charge in [0.1, 0.15) is 0 Å². The fourth-order valence-corrected chi connectivity index (χ4v) is 3.17. The van der Waals surface area contributed by atoms with E-state index in [-0.39, 0.29) is 5.91 Å². The molecule has 1 aliphatic rings. The van der Waals surface area contributed by atoms with E-state index in [0.29, 0.717) is 17.2 Å². The highest BCUT2D eigenvalue weighted by Crippen LogP contribution is 2.25. The molecule has 0 aromatic heterocycles. The number of sulfonamides is 1. The van der Waals surface area contributed by atoms with Crippen molar-refractivity contribution in [2.45, 2.75) is 19.8 Å². The van der Waals surface area contributed by atoms with E-state index in [0.717, 1.165) is 36.5 Å².